The highest BCUT2D eigenvalue weighted by molar-refractivity contribution is 5.29. The minimum absolute atomic E-state index is 0.162. The van der Waals surface area contributed by atoms with Gasteiger partial charge in [0.05, 0.1) is 12.0 Å². The number of benzene rings is 1. The fourth-order valence-corrected chi connectivity index (χ4v) is 2.87. The highest BCUT2D eigenvalue weighted by Gasteiger charge is 2.87. The maximum atomic E-state index is 14.3. The van der Waals surface area contributed by atoms with Crippen molar-refractivity contribution in [2.75, 3.05) is 7.11 Å². The third-order valence-corrected chi connectivity index (χ3v) is 4.97. The van der Waals surface area contributed by atoms with E-state index >= 15 is 0 Å². The molecule has 1 unspecified atom stereocenters. The lowest BCUT2D eigenvalue weighted by atomic mass is 9.84. The Labute approximate surface area is 171 Å². The zero-order valence-electron chi connectivity index (χ0n) is 16.7. The quantitative estimate of drug-likeness (QED) is 0.322. The summed E-state index contributed by atoms with van der Waals surface area (Å²) in [7, 11) is 0.787. The summed E-state index contributed by atoms with van der Waals surface area (Å²) in [6.07, 6.45) is -7.57. The van der Waals surface area contributed by atoms with E-state index in [9.17, 15) is 48.3 Å². The molecule has 0 spiro atoms. The molecule has 0 N–H and O–H groups in total. The Morgan fingerprint density at radius 3 is 1.81 bits per heavy atom. The Morgan fingerprint density at radius 1 is 0.806 bits per heavy atom. The van der Waals surface area contributed by atoms with Gasteiger partial charge >= 0.3 is 29.9 Å². The van der Waals surface area contributed by atoms with Crippen LogP contribution in [0.1, 0.15) is 44.2 Å². The summed E-state index contributed by atoms with van der Waals surface area (Å²) in [5, 5.41) is 0. The normalized spacial score (nSPS) is 16.3. The summed E-state index contributed by atoms with van der Waals surface area (Å²) >= 11 is 0. The first-order valence-corrected chi connectivity index (χ1v) is 9.03. The third kappa shape index (κ3) is 4.93. The molecule has 1 aromatic rings. The number of ether oxygens (including phenoxy) is 1. The summed E-state index contributed by atoms with van der Waals surface area (Å²) in [5.74, 6) is -27.9. The Hall–Kier alpha value is -1.59. The SMILES string of the molecule is CCCCc1cccc(C(C)(CC(F)(F)C(F)(F)C(F)(F)C(F)(F)C(F)(F)F)OC)c1. The fourth-order valence-electron chi connectivity index (χ4n) is 2.87. The van der Waals surface area contributed by atoms with Crippen molar-refractivity contribution in [2.45, 2.75) is 75.0 Å². The fraction of sp³-hybridized carbons (Fsp3) is 0.684. The van der Waals surface area contributed by atoms with Gasteiger partial charge in [-0.1, -0.05) is 37.6 Å². The monoisotopic (exact) mass is 474 g/mol. The van der Waals surface area contributed by atoms with Crippen molar-refractivity contribution < 1.29 is 53.0 Å². The van der Waals surface area contributed by atoms with Gasteiger partial charge in [-0.05, 0) is 30.9 Å². The Balaban J connectivity index is 3.39. The molecule has 0 fully saturated rings. The zero-order valence-corrected chi connectivity index (χ0v) is 16.7. The largest absolute Gasteiger partial charge is 0.460 e. The number of aryl methyl sites for hydroxylation is 1. The maximum absolute atomic E-state index is 14.3. The van der Waals surface area contributed by atoms with E-state index in [1.54, 1.807) is 6.07 Å². The smallest absolute Gasteiger partial charge is 0.374 e. The third-order valence-electron chi connectivity index (χ3n) is 4.97. The van der Waals surface area contributed by atoms with Crippen LogP contribution < -0.4 is 0 Å². The minimum atomic E-state index is -7.43. The van der Waals surface area contributed by atoms with Crippen LogP contribution in [0.25, 0.3) is 0 Å². The van der Waals surface area contributed by atoms with Gasteiger partial charge in [-0.15, -0.1) is 0 Å². The zero-order chi connectivity index (χ0) is 24.5. The molecule has 1 aromatic carbocycles. The molecule has 0 aliphatic heterocycles. The number of hydrogen-bond donors (Lipinski definition) is 0. The predicted octanol–water partition coefficient (Wildman–Crippen LogP) is 7.38. The Morgan fingerprint density at radius 2 is 1.35 bits per heavy atom. The van der Waals surface area contributed by atoms with Crippen LogP contribution in [-0.2, 0) is 16.8 Å². The summed E-state index contributed by atoms with van der Waals surface area (Å²) in [5.41, 5.74) is -1.99. The van der Waals surface area contributed by atoms with E-state index in [1.165, 1.54) is 12.1 Å². The van der Waals surface area contributed by atoms with E-state index in [1.807, 2.05) is 6.92 Å². The summed E-state index contributed by atoms with van der Waals surface area (Å²) in [6.45, 7) is 2.68. The van der Waals surface area contributed by atoms with Crippen LogP contribution in [0.4, 0.5) is 48.3 Å². The van der Waals surface area contributed by atoms with Crippen LogP contribution in [0.2, 0.25) is 0 Å². The molecule has 12 heteroatoms. The molecule has 31 heavy (non-hydrogen) atoms. The Kier molecular flexibility index (Phi) is 7.74. The van der Waals surface area contributed by atoms with E-state index in [4.69, 9.17) is 4.74 Å². The molecule has 0 bridgehead atoms. The van der Waals surface area contributed by atoms with E-state index in [0.29, 0.717) is 18.4 Å². The average molecular weight is 474 g/mol. The van der Waals surface area contributed by atoms with E-state index in [0.717, 1.165) is 26.5 Å². The van der Waals surface area contributed by atoms with Crippen molar-refractivity contribution in [3.8, 4) is 0 Å². The first kappa shape index (κ1) is 27.4. The second-order valence-corrected chi connectivity index (χ2v) is 7.34. The Bertz CT molecular complexity index is 743. The predicted molar refractivity (Wildman–Crippen MR) is 89.9 cm³/mol. The van der Waals surface area contributed by atoms with Crippen LogP contribution in [0.5, 0.6) is 0 Å². The summed E-state index contributed by atoms with van der Waals surface area (Å²) in [4.78, 5) is 0. The van der Waals surface area contributed by atoms with Gasteiger partial charge in [-0.2, -0.15) is 48.3 Å². The molecule has 0 amide bonds. The molecule has 1 rings (SSSR count). The lowest BCUT2D eigenvalue weighted by Gasteiger charge is -2.40. The number of unbranched alkanes of at least 4 members (excludes halogenated alkanes) is 1. The number of rotatable bonds is 10. The topological polar surface area (TPSA) is 9.23 Å². The number of methoxy groups -OCH3 is 1. The van der Waals surface area contributed by atoms with Crippen molar-refractivity contribution in [2.24, 2.45) is 0 Å². The molecule has 0 radical (unpaired) electrons. The van der Waals surface area contributed by atoms with E-state index in [2.05, 4.69) is 0 Å². The molecule has 0 aliphatic rings. The molecule has 0 aromatic heterocycles. The van der Waals surface area contributed by atoms with Gasteiger partial charge in [0, 0.05) is 7.11 Å². The van der Waals surface area contributed by atoms with Crippen molar-refractivity contribution in [1.29, 1.82) is 0 Å². The molecule has 1 nitrogen and oxygen atoms in total. The second-order valence-electron chi connectivity index (χ2n) is 7.34. The molecule has 180 valence electrons. The van der Waals surface area contributed by atoms with Gasteiger partial charge in [0.2, 0.25) is 0 Å². The van der Waals surface area contributed by atoms with Crippen LogP contribution >= 0.6 is 0 Å². The molecule has 0 saturated carbocycles. The van der Waals surface area contributed by atoms with Crippen molar-refractivity contribution >= 4 is 0 Å². The lowest BCUT2D eigenvalue weighted by Crippen LogP contribution is -2.67. The molecule has 0 aliphatic carbocycles. The van der Waals surface area contributed by atoms with Crippen LogP contribution in [-0.4, -0.2) is 37.0 Å². The molecular weight excluding hydrogens is 453 g/mol. The number of alkyl halides is 11. The average Bonchev–Trinajstić information content (AvgIpc) is 2.64. The van der Waals surface area contributed by atoms with Crippen molar-refractivity contribution in [1.82, 2.24) is 0 Å². The highest BCUT2D eigenvalue weighted by atomic mass is 19.4. The first-order valence-electron chi connectivity index (χ1n) is 9.03. The summed E-state index contributed by atoms with van der Waals surface area (Å²) in [6, 6.07) is 5.39. The van der Waals surface area contributed by atoms with Crippen LogP contribution in [0, 0.1) is 0 Å². The maximum Gasteiger partial charge on any atom is 0.460 e. The lowest BCUT2D eigenvalue weighted by molar-refractivity contribution is -0.424. The number of halogens is 11. The molecule has 0 saturated heterocycles. The summed E-state index contributed by atoms with van der Waals surface area (Å²) < 4.78 is 151. The van der Waals surface area contributed by atoms with Crippen molar-refractivity contribution in [3.05, 3.63) is 35.4 Å². The second kappa shape index (κ2) is 8.74. The van der Waals surface area contributed by atoms with Gasteiger partial charge in [0.1, 0.15) is 0 Å². The molecular formula is C19H21F11O. The highest BCUT2D eigenvalue weighted by Crippen LogP contribution is 2.59. The van der Waals surface area contributed by atoms with E-state index in [-0.39, 0.29) is 5.56 Å². The number of hydrogen-bond acceptors (Lipinski definition) is 1. The van der Waals surface area contributed by atoms with Crippen molar-refractivity contribution in [3.63, 3.8) is 0 Å². The van der Waals surface area contributed by atoms with Gasteiger partial charge < -0.3 is 4.74 Å². The van der Waals surface area contributed by atoms with Crippen LogP contribution in [0.3, 0.4) is 0 Å². The minimum Gasteiger partial charge on any atom is -0.374 e. The van der Waals surface area contributed by atoms with Gasteiger partial charge in [0.15, 0.2) is 0 Å². The van der Waals surface area contributed by atoms with Gasteiger partial charge in [-0.3, -0.25) is 0 Å². The van der Waals surface area contributed by atoms with E-state index < -0.39 is 41.9 Å². The first-order chi connectivity index (χ1) is 13.8. The molecule has 0 heterocycles. The van der Waals surface area contributed by atoms with Crippen LogP contribution in [0.15, 0.2) is 24.3 Å². The van der Waals surface area contributed by atoms with Gasteiger partial charge in [-0.25, -0.2) is 0 Å². The van der Waals surface area contributed by atoms with Gasteiger partial charge in [0.25, 0.3) is 0 Å². The standard InChI is InChI=1S/C19H21F11O/c1-4-5-7-12-8-6-9-13(10-12)14(2,31-3)11-15(20,21)16(22,23)17(24,25)18(26,27)19(28,29)30/h6,8-10H,4-5,7,11H2,1-3H3. The molecule has 1 atom stereocenters.